The Labute approximate surface area is 154 Å². The van der Waals surface area contributed by atoms with Gasteiger partial charge in [-0.25, -0.2) is 5.48 Å². The molecule has 1 heterocycles. The number of rotatable bonds is 6. The van der Waals surface area contributed by atoms with E-state index in [4.69, 9.17) is 9.94 Å². The van der Waals surface area contributed by atoms with Crippen molar-refractivity contribution in [3.63, 3.8) is 0 Å². The van der Waals surface area contributed by atoms with Crippen molar-refractivity contribution in [2.75, 3.05) is 0 Å². The largest absolute Gasteiger partial charge is 0.471 e. The van der Waals surface area contributed by atoms with Crippen molar-refractivity contribution in [2.45, 2.75) is 19.6 Å². The molecule has 0 aliphatic heterocycles. The van der Waals surface area contributed by atoms with Gasteiger partial charge in [0.2, 0.25) is 0 Å². The summed E-state index contributed by atoms with van der Waals surface area (Å²) in [5, 5.41) is 12.5. The molecule has 0 saturated carbocycles. The highest BCUT2D eigenvalue weighted by Gasteiger charge is 2.16. The Bertz CT molecular complexity index is 888. The Morgan fingerprint density at radius 2 is 1.85 bits per heavy atom. The van der Waals surface area contributed by atoms with Gasteiger partial charge in [0.15, 0.2) is 6.23 Å². The van der Waals surface area contributed by atoms with Crippen LogP contribution in [0.4, 0.5) is 0 Å². The molecule has 134 valence electrons. The Kier molecular flexibility index (Phi) is 5.50. The second kappa shape index (κ2) is 7.99. The number of hydrogen-bond donors (Lipinski definition) is 3. The van der Waals surface area contributed by atoms with E-state index in [1.165, 1.54) is 23.5 Å². The molecule has 0 radical (unpaired) electrons. The molecule has 0 fully saturated rings. The second-order valence-corrected chi connectivity index (χ2v) is 6.69. The molecule has 0 spiro atoms. The van der Waals surface area contributed by atoms with E-state index in [0.29, 0.717) is 22.6 Å². The van der Waals surface area contributed by atoms with E-state index < -0.39 is 12.1 Å². The molecule has 0 aliphatic carbocycles. The maximum atomic E-state index is 12.5. The van der Waals surface area contributed by atoms with Crippen LogP contribution in [0.5, 0.6) is 5.75 Å². The van der Waals surface area contributed by atoms with E-state index in [2.05, 4.69) is 5.32 Å². The summed E-state index contributed by atoms with van der Waals surface area (Å²) in [5.74, 6) is -0.265. The van der Waals surface area contributed by atoms with Crippen molar-refractivity contribution >= 4 is 33.2 Å². The van der Waals surface area contributed by atoms with Gasteiger partial charge in [0, 0.05) is 16.7 Å². The zero-order valence-electron chi connectivity index (χ0n) is 14.1. The molecule has 0 aliphatic rings. The number of fused-ring (bicyclic) bond motifs is 1. The van der Waals surface area contributed by atoms with Gasteiger partial charge in [-0.2, -0.15) is 0 Å². The molecule has 3 rings (SSSR count). The minimum atomic E-state index is -0.596. The van der Waals surface area contributed by atoms with Gasteiger partial charge in [-0.05, 0) is 41.8 Å². The number of nitrogens with one attached hydrogen (secondary N) is 2. The Morgan fingerprint density at radius 1 is 1.12 bits per heavy atom. The molecule has 3 N–H and O–H groups in total. The zero-order chi connectivity index (χ0) is 18.5. The minimum absolute atomic E-state index is 0.186. The predicted molar refractivity (Wildman–Crippen MR) is 99.7 cm³/mol. The van der Waals surface area contributed by atoms with Crippen molar-refractivity contribution in [3.8, 4) is 5.75 Å². The first-order valence-corrected chi connectivity index (χ1v) is 8.93. The highest BCUT2D eigenvalue weighted by atomic mass is 32.1. The molecule has 0 saturated heterocycles. The van der Waals surface area contributed by atoms with Gasteiger partial charge in [0.1, 0.15) is 5.75 Å². The smallest absolute Gasteiger partial charge is 0.274 e. The van der Waals surface area contributed by atoms with Crippen LogP contribution in [0.15, 0.2) is 54.6 Å². The highest BCUT2D eigenvalue weighted by Crippen LogP contribution is 2.25. The number of carbonyl (C=O) groups is 2. The van der Waals surface area contributed by atoms with E-state index in [9.17, 15) is 9.59 Å². The number of benzene rings is 2. The van der Waals surface area contributed by atoms with E-state index >= 15 is 0 Å². The van der Waals surface area contributed by atoms with E-state index in [-0.39, 0.29) is 5.91 Å². The second-order valence-electron chi connectivity index (χ2n) is 5.60. The molecule has 1 unspecified atom stereocenters. The molecule has 3 aromatic rings. The van der Waals surface area contributed by atoms with Gasteiger partial charge in [0.05, 0.1) is 4.88 Å². The van der Waals surface area contributed by atoms with Gasteiger partial charge < -0.3 is 10.1 Å². The number of hydroxylamine groups is 1. The fraction of sp³-hybridized carbons (Fsp3) is 0.158. The number of hydrogen-bond acceptors (Lipinski definition) is 5. The third-order valence-corrected chi connectivity index (χ3v) is 4.92. The Morgan fingerprint density at radius 3 is 2.50 bits per heavy atom. The summed E-state index contributed by atoms with van der Waals surface area (Å²) in [6.45, 7) is 1.91. The fourth-order valence-electron chi connectivity index (χ4n) is 2.44. The van der Waals surface area contributed by atoms with Crippen molar-refractivity contribution in [1.29, 1.82) is 0 Å². The summed E-state index contributed by atoms with van der Waals surface area (Å²) in [4.78, 5) is 24.4. The molecule has 0 bridgehead atoms. The third kappa shape index (κ3) is 4.01. The highest BCUT2D eigenvalue weighted by molar-refractivity contribution is 7.20. The monoisotopic (exact) mass is 370 g/mol. The van der Waals surface area contributed by atoms with Crippen molar-refractivity contribution in [1.82, 2.24) is 10.8 Å². The van der Waals surface area contributed by atoms with Crippen molar-refractivity contribution in [3.05, 3.63) is 65.0 Å². The Balaban J connectivity index is 1.67. The molecule has 6 nitrogen and oxygen atoms in total. The van der Waals surface area contributed by atoms with E-state index in [1.807, 2.05) is 37.3 Å². The summed E-state index contributed by atoms with van der Waals surface area (Å²) in [6, 6.07) is 16.0. The molecule has 1 aromatic heterocycles. The Hall–Kier alpha value is -2.90. The molecule has 7 heteroatoms. The van der Waals surface area contributed by atoms with Crippen LogP contribution in [0.2, 0.25) is 0 Å². The molecule has 1 atom stereocenters. The van der Waals surface area contributed by atoms with Crippen LogP contribution in [0.1, 0.15) is 33.4 Å². The lowest BCUT2D eigenvalue weighted by atomic mass is 10.2. The summed E-state index contributed by atoms with van der Waals surface area (Å²) < 4.78 is 6.84. The van der Waals surface area contributed by atoms with Crippen molar-refractivity contribution in [2.24, 2.45) is 0 Å². The van der Waals surface area contributed by atoms with E-state index in [0.717, 1.165) is 10.1 Å². The SMILES string of the molecule is CCC(NC(=O)c1cc2ccccc2s1)Oc1ccc(C(=O)NO)cc1. The van der Waals surface area contributed by atoms with Crippen LogP contribution in [-0.4, -0.2) is 23.2 Å². The first-order valence-electron chi connectivity index (χ1n) is 8.11. The van der Waals surface area contributed by atoms with Crippen LogP contribution in [-0.2, 0) is 0 Å². The average molecular weight is 370 g/mol. The number of ether oxygens (including phenoxy) is 1. The topological polar surface area (TPSA) is 87.7 Å². The first kappa shape index (κ1) is 17.9. The lowest BCUT2D eigenvalue weighted by Crippen LogP contribution is -2.38. The first-order chi connectivity index (χ1) is 12.6. The van der Waals surface area contributed by atoms with Crippen LogP contribution < -0.4 is 15.5 Å². The maximum absolute atomic E-state index is 12.5. The van der Waals surface area contributed by atoms with Gasteiger partial charge in [-0.15, -0.1) is 11.3 Å². The average Bonchev–Trinajstić information content (AvgIpc) is 3.11. The maximum Gasteiger partial charge on any atom is 0.274 e. The zero-order valence-corrected chi connectivity index (χ0v) is 14.9. The summed E-state index contributed by atoms with van der Waals surface area (Å²) >= 11 is 1.44. The van der Waals surface area contributed by atoms with Crippen LogP contribution in [0, 0.1) is 0 Å². The molecule has 2 amide bonds. The molecule has 26 heavy (non-hydrogen) atoms. The molecule has 2 aromatic carbocycles. The lowest BCUT2D eigenvalue weighted by Gasteiger charge is -2.18. The molecular weight excluding hydrogens is 352 g/mol. The number of carbonyl (C=O) groups excluding carboxylic acids is 2. The standard InChI is InChI=1S/C19H18N2O4S/c1-2-17(25-14-9-7-12(8-10-14)18(22)21-24)20-19(23)16-11-13-5-3-4-6-15(13)26-16/h3-11,17,24H,2H2,1H3,(H,20,23)(H,21,22). The van der Waals surface area contributed by atoms with Gasteiger partial charge >= 0.3 is 0 Å². The van der Waals surface area contributed by atoms with Crippen molar-refractivity contribution < 1.29 is 19.5 Å². The van der Waals surface area contributed by atoms with Crippen LogP contribution in [0.25, 0.3) is 10.1 Å². The molecular formula is C19H18N2O4S. The third-order valence-electron chi connectivity index (χ3n) is 3.81. The normalized spacial score (nSPS) is 11.8. The van der Waals surface area contributed by atoms with Gasteiger partial charge in [0.25, 0.3) is 11.8 Å². The van der Waals surface area contributed by atoms with E-state index in [1.54, 1.807) is 17.6 Å². The number of amides is 2. The predicted octanol–water partition coefficient (Wildman–Crippen LogP) is 3.57. The summed E-state index contributed by atoms with van der Waals surface area (Å²) in [5.41, 5.74) is 1.88. The summed E-state index contributed by atoms with van der Waals surface area (Å²) in [6.07, 6.45) is 0.0837. The lowest BCUT2D eigenvalue weighted by molar-refractivity contribution is 0.0706. The quantitative estimate of drug-likeness (QED) is 0.352. The van der Waals surface area contributed by atoms with Crippen LogP contribution >= 0.6 is 11.3 Å². The fourth-order valence-corrected chi connectivity index (χ4v) is 3.41. The van der Waals surface area contributed by atoms with Gasteiger partial charge in [-0.1, -0.05) is 25.1 Å². The minimum Gasteiger partial charge on any atom is -0.471 e. The summed E-state index contributed by atoms with van der Waals surface area (Å²) in [7, 11) is 0. The van der Waals surface area contributed by atoms with Gasteiger partial charge in [-0.3, -0.25) is 14.8 Å². The number of thiophene rings is 1. The van der Waals surface area contributed by atoms with Crippen LogP contribution in [0.3, 0.4) is 0 Å².